The monoisotopic (exact) mass is 597 g/mol. The Morgan fingerprint density at radius 1 is 0.780 bits per heavy atom. The molecule has 14 heteroatoms. The van der Waals surface area contributed by atoms with Gasteiger partial charge in [0.15, 0.2) is 23.1 Å². The number of aromatic nitrogens is 2. The maximum absolute atomic E-state index is 13.5. The van der Waals surface area contributed by atoms with Gasteiger partial charge in [-0.15, -0.1) is 0 Å². The van der Waals surface area contributed by atoms with Gasteiger partial charge in [0.1, 0.15) is 19.0 Å². The van der Waals surface area contributed by atoms with Crippen LogP contribution in [-0.4, -0.2) is 77.6 Å². The summed E-state index contributed by atoms with van der Waals surface area (Å²) in [4.78, 5) is 11.3. The van der Waals surface area contributed by atoms with Crippen molar-refractivity contribution in [2.75, 3.05) is 56.1 Å². The second kappa shape index (κ2) is 10.7. The Kier molecular flexibility index (Phi) is 7.05. The molecule has 0 aliphatic carbocycles. The lowest BCUT2D eigenvalue weighted by Crippen LogP contribution is -2.49. The second-order valence-corrected chi connectivity index (χ2v) is 13.0. The highest BCUT2D eigenvalue weighted by molar-refractivity contribution is 7.92. The van der Waals surface area contributed by atoms with Gasteiger partial charge in [-0.2, -0.15) is 4.31 Å². The van der Waals surface area contributed by atoms with Crippen LogP contribution in [0.5, 0.6) is 17.2 Å². The van der Waals surface area contributed by atoms with Crippen molar-refractivity contribution in [2.24, 2.45) is 0 Å². The number of sulfonamides is 2. The Labute approximate surface area is 237 Å². The third-order valence-corrected chi connectivity index (χ3v) is 10.1. The summed E-state index contributed by atoms with van der Waals surface area (Å²) in [6.45, 7) is 1.63. The highest BCUT2D eigenvalue weighted by atomic mass is 32.2. The van der Waals surface area contributed by atoms with E-state index in [-0.39, 0.29) is 41.8 Å². The van der Waals surface area contributed by atoms with Crippen molar-refractivity contribution < 1.29 is 31.0 Å². The minimum absolute atomic E-state index is 0.0157. The van der Waals surface area contributed by atoms with Crippen LogP contribution in [0.3, 0.4) is 0 Å². The zero-order valence-corrected chi connectivity index (χ0v) is 23.7. The van der Waals surface area contributed by atoms with Crippen molar-refractivity contribution in [3.05, 3.63) is 66.7 Å². The summed E-state index contributed by atoms with van der Waals surface area (Å²) in [5.74, 6) is 1.74. The summed E-state index contributed by atoms with van der Waals surface area (Å²) < 4.78 is 73.6. The average molecular weight is 598 g/mol. The van der Waals surface area contributed by atoms with Crippen molar-refractivity contribution in [3.63, 3.8) is 0 Å². The minimum Gasteiger partial charge on any atom is -0.497 e. The SMILES string of the molecule is COc1ccc(S(=O)(=O)N2CCN(c3nc4ccccc4nc3NS(=O)(=O)c3ccc4c(c3)OCCO4)CC2)cc1. The minimum atomic E-state index is -4.08. The second-order valence-electron chi connectivity index (χ2n) is 9.36. The molecule has 4 aromatic rings. The molecule has 0 unspecified atom stereocenters. The van der Waals surface area contributed by atoms with E-state index < -0.39 is 20.0 Å². The predicted octanol–water partition coefficient (Wildman–Crippen LogP) is 2.72. The predicted molar refractivity (Wildman–Crippen MR) is 152 cm³/mol. The zero-order valence-electron chi connectivity index (χ0n) is 22.1. The van der Waals surface area contributed by atoms with E-state index in [4.69, 9.17) is 19.2 Å². The molecule has 214 valence electrons. The third-order valence-electron chi connectivity index (χ3n) is 6.84. The molecule has 0 amide bonds. The van der Waals surface area contributed by atoms with Crippen molar-refractivity contribution >= 4 is 42.7 Å². The van der Waals surface area contributed by atoms with E-state index in [2.05, 4.69) is 9.71 Å². The Hall–Kier alpha value is -4.14. The van der Waals surface area contributed by atoms with Crippen LogP contribution in [0.15, 0.2) is 76.5 Å². The van der Waals surface area contributed by atoms with Gasteiger partial charge in [0.2, 0.25) is 10.0 Å². The van der Waals surface area contributed by atoms with Crippen molar-refractivity contribution in [1.82, 2.24) is 14.3 Å². The van der Waals surface area contributed by atoms with Crippen LogP contribution in [-0.2, 0) is 20.0 Å². The van der Waals surface area contributed by atoms with Gasteiger partial charge in [0.25, 0.3) is 10.0 Å². The largest absolute Gasteiger partial charge is 0.497 e. The lowest BCUT2D eigenvalue weighted by atomic mass is 10.3. The number of piperazine rings is 1. The average Bonchev–Trinajstić information content (AvgIpc) is 3.00. The fourth-order valence-electron chi connectivity index (χ4n) is 4.69. The van der Waals surface area contributed by atoms with Crippen LogP contribution in [0.2, 0.25) is 0 Å². The number of para-hydroxylation sites is 2. The maximum atomic E-state index is 13.5. The van der Waals surface area contributed by atoms with Crippen molar-refractivity contribution in [1.29, 1.82) is 0 Å². The number of hydrogen-bond donors (Lipinski definition) is 1. The lowest BCUT2D eigenvalue weighted by molar-refractivity contribution is 0.171. The number of nitrogens with one attached hydrogen (secondary N) is 1. The molecular weight excluding hydrogens is 570 g/mol. The van der Waals surface area contributed by atoms with E-state index in [1.807, 2.05) is 11.0 Å². The zero-order chi connectivity index (χ0) is 28.6. The fourth-order valence-corrected chi connectivity index (χ4v) is 7.13. The van der Waals surface area contributed by atoms with Gasteiger partial charge in [-0.1, -0.05) is 12.1 Å². The molecule has 0 saturated carbocycles. The number of methoxy groups -OCH3 is 1. The van der Waals surface area contributed by atoms with E-state index in [1.54, 1.807) is 36.4 Å². The van der Waals surface area contributed by atoms with Crippen LogP contribution in [0, 0.1) is 0 Å². The molecule has 3 heterocycles. The molecule has 2 aliphatic rings. The summed E-state index contributed by atoms with van der Waals surface area (Å²) in [5, 5.41) is 0. The molecule has 0 atom stereocenters. The van der Waals surface area contributed by atoms with Crippen LogP contribution in [0.4, 0.5) is 11.6 Å². The molecule has 12 nitrogen and oxygen atoms in total. The van der Waals surface area contributed by atoms with Crippen LogP contribution >= 0.6 is 0 Å². The molecule has 0 spiro atoms. The van der Waals surface area contributed by atoms with E-state index >= 15 is 0 Å². The van der Waals surface area contributed by atoms with Gasteiger partial charge in [0, 0.05) is 32.2 Å². The van der Waals surface area contributed by atoms with Gasteiger partial charge in [0.05, 0.1) is 27.9 Å². The van der Waals surface area contributed by atoms with Gasteiger partial charge in [-0.05, 0) is 48.5 Å². The molecular formula is C27H27N5O7S2. The molecule has 1 fully saturated rings. The summed E-state index contributed by atoms with van der Waals surface area (Å²) in [6, 6.07) is 17.8. The van der Waals surface area contributed by atoms with Crippen LogP contribution < -0.4 is 23.8 Å². The number of anilines is 2. The molecule has 2 aliphatic heterocycles. The summed E-state index contributed by atoms with van der Waals surface area (Å²) in [5.41, 5.74) is 1.09. The Morgan fingerprint density at radius 3 is 2.10 bits per heavy atom. The molecule has 0 bridgehead atoms. The fraction of sp³-hybridized carbons (Fsp3) is 0.259. The number of fused-ring (bicyclic) bond motifs is 2. The molecule has 1 saturated heterocycles. The Morgan fingerprint density at radius 2 is 1.41 bits per heavy atom. The van der Waals surface area contributed by atoms with Crippen LogP contribution in [0.25, 0.3) is 11.0 Å². The van der Waals surface area contributed by atoms with Gasteiger partial charge in [-0.3, -0.25) is 4.72 Å². The first-order chi connectivity index (χ1) is 19.7. The van der Waals surface area contributed by atoms with E-state index in [0.29, 0.717) is 47.3 Å². The molecule has 6 rings (SSSR count). The topological polar surface area (TPSA) is 140 Å². The van der Waals surface area contributed by atoms with E-state index in [1.165, 1.54) is 35.7 Å². The number of rotatable bonds is 7. The van der Waals surface area contributed by atoms with Crippen molar-refractivity contribution in [2.45, 2.75) is 9.79 Å². The molecule has 1 N–H and O–H groups in total. The number of hydrogen-bond acceptors (Lipinski definition) is 10. The molecule has 1 aromatic heterocycles. The van der Waals surface area contributed by atoms with Gasteiger partial charge in [-0.25, -0.2) is 26.8 Å². The summed E-state index contributed by atoms with van der Waals surface area (Å²) in [6.07, 6.45) is 0. The Bertz CT molecular complexity index is 1810. The first kappa shape index (κ1) is 27.1. The lowest BCUT2D eigenvalue weighted by Gasteiger charge is -2.35. The number of ether oxygens (including phenoxy) is 3. The van der Waals surface area contributed by atoms with Crippen LogP contribution in [0.1, 0.15) is 0 Å². The number of benzene rings is 3. The molecule has 3 aromatic carbocycles. The van der Waals surface area contributed by atoms with Crippen molar-refractivity contribution in [3.8, 4) is 17.2 Å². The van der Waals surface area contributed by atoms with E-state index in [9.17, 15) is 16.8 Å². The maximum Gasteiger partial charge on any atom is 0.263 e. The normalized spacial score (nSPS) is 16.0. The molecule has 0 radical (unpaired) electrons. The highest BCUT2D eigenvalue weighted by Gasteiger charge is 2.31. The van der Waals surface area contributed by atoms with Gasteiger partial charge >= 0.3 is 0 Å². The Balaban J connectivity index is 1.28. The first-order valence-electron chi connectivity index (χ1n) is 12.8. The number of nitrogens with zero attached hydrogens (tertiary/aromatic N) is 4. The smallest absolute Gasteiger partial charge is 0.263 e. The highest BCUT2D eigenvalue weighted by Crippen LogP contribution is 2.34. The quantitative estimate of drug-likeness (QED) is 0.338. The molecule has 41 heavy (non-hydrogen) atoms. The first-order valence-corrected chi connectivity index (χ1v) is 15.8. The summed E-state index contributed by atoms with van der Waals surface area (Å²) in [7, 11) is -6.30. The van der Waals surface area contributed by atoms with E-state index in [0.717, 1.165) is 0 Å². The van der Waals surface area contributed by atoms with Gasteiger partial charge < -0.3 is 19.1 Å². The standard InChI is InChI=1S/C27H27N5O7S2/c1-37-19-6-8-20(9-7-19)41(35,36)32-14-12-31(13-15-32)27-26(28-22-4-2-3-5-23(22)29-27)30-40(33,34)21-10-11-24-25(18-21)39-17-16-38-24/h2-11,18H,12-17H2,1H3,(H,28,30). The summed E-state index contributed by atoms with van der Waals surface area (Å²) >= 11 is 0. The third kappa shape index (κ3) is 5.33.